The predicted molar refractivity (Wildman–Crippen MR) is 68.4 cm³/mol. The lowest BCUT2D eigenvalue weighted by molar-refractivity contribution is -0.139. The van der Waals surface area contributed by atoms with E-state index < -0.39 is 5.41 Å². The van der Waals surface area contributed by atoms with Gasteiger partial charge in [-0.25, -0.2) is 5.48 Å². The molecule has 1 aromatic carbocycles. The summed E-state index contributed by atoms with van der Waals surface area (Å²) in [5.74, 6) is 0.277. The van der Waals surface area contributed by atoms with Gasteiger partial charge in [0.15, 0.2) is 0 Å². The number of carbonyl (C=O) groups is 1. The van der Waals surface area contributed by atoms with Crippen LogP contribution in [0.4, 0.5) is 0 Å². The zero-order valence-electron chi connectivity index (χ0n) is 11.0. The van der Waals surface area contributed by atoms with E-state index in [4.69, 9.17) is 4.84 Å². The molecule has 1 N–H and O–H groups in total. The zero-order valence-corrected chi connectivity index (χ0v) is 11.0. The van der Waals surface area contributed by atoms with E-state index in [2.05, 4.69) is 5.48 Å². The summed E-state index contributed by atoms with van der Waals surface area (Å²) < 4.78 is 0. The van der Waals surface area contributed by atoms with Crippen molar-refractivity contribution in [1.29, 1.82) is 0 Å². The molecule has 0 unspecified atom stereocenters. The molecule has 3 nitrogen and oxygen atoms in total. The van der Waals surface area contributed by atoms with Crippen molar-refractivity contribution in [2.45, 2.75) is 33.1 Å². The molecule has 1 aromatic rings. The first kappa shape index (κ1) is 13.7. The summed E-state index contributed by atoms with van der Waals surface area (Å²) in [5, 5.41) is 0. The Bertz CT molecular complexity index is 358. The van der Waals surface area contributed by atoms with E-state index >= 15 is 0 Å². The van der Waals surface area contributed by atoms with Crippen LogP contribution in [0.25, 0.3) is 0 Å². The fourth-order valence-electron chi connectivity index (χ4n) is 1.39. The van der Waals surface area contributed by atoms with E-state index in [1.165, 1.54) is 0 Å². The number of hydrogen-bond acceptors (Lipinski definition) is 2. The van der Waals surface area contributed by atoms with Gasteiger partial charge in [0.25, 0.3) is 5.91 Å². The van der Waals surface area contributed by atoms with Gasteiger partial charge in [-0.05, 0) is 25.3 Å². The molecule has 1 rings (SSSR count). The molecule has 0 aromatic heterocycles. The Morgan fingerprint density at radius 1 is 1.29 bits per heavy atom. The Balaban J connectivity index is 2.61. The first-order chi connectivity index (χ1) is 7.94. The minimum Gasteiger partial charge on any atom is -0.273 e. The number of hydroxylamine groups is 1. The van der Waals surface area contributed by atoms with Gasteiger partial charge in [-0.1, -0.05) is 44.2 Å². The van der Waals surface area contributed by atoms with Gasteiger partial charge in [0.05, 0.1) is 12.0 Å². The van der Waals surface area contributed by atoms with E-state index in [-0.39, 0.29) is 5.91 Å². The predicted octanol–water partition coefficient (Wildman–Crippen LogP) is 2.67. The first-order valence-corrected chi connectivity index (χ1v) is 5.92. The SMILES string of the molecule is CC(C)CONC(=O)C(C)(C)c1ccccc1. The van der Waals surface area contributed by atoms with Crippen LogP contribution in [0.5, 0.6) is 0 Å². The van der Waals surface area contributed by atoms with Crippen LogP contribution in [0.3, 0.4) is 0 Å². The van der Waals surface area contributed by atoms with Gasteiger partial charge in [-0.3, -0.25) is 9.63 Å². The van der Waals surface area contributed by atoms with Gasteiger partial charge in [0, 0.05) is 0 Å². The molecule has 0 bridgehead atoms. The van der Waals surface area contributed by atoms with Crippen LogP contribution in [-0.2, 0) is 15.0 Å². The molecule has 0 aliphatic carbocycles. The molecule has 0 heterocycles. The molecule has 0 saturated carbocycles. The number of rotatable bonds is 5. The highest BCUT2D eigenvalue weighted by atomic mass is 16.7. The van der Waals surface area contributed by atoms with E-state index in [0.717, 1.165) is 5.56 Å². The van der Waals surface area contributed by atoms with E-state index in [9.17, 15) is 4.79 Å². The van der Waals surface area contributed by atoms with Gasteiger partial charge in [-0.2, -0.15) is 0 Å². The quantitative estimate of drug-likeness (QED) is 0.797. The van der Waals surface area contributed by atoms with Crippen LogP contribution in [-0.4, -0.2) is 12.5 Å². The molecule has 0 atom stereocenters. The van der Waals surface area contributed by atoms with Crippen LogP contribution >= 0.6 is 0 Å². The third-order valence-electron chi connectivity index (χ3n) is 2.64. The van der Waals surface area contributed by atoms with E-state index in [0.29, 0.717) is 12.5 Å². The minimum atomic E-state index is -0.585. The van der Waals surface area contributed by atoms with Gasteiger partial charge in [-0.15, -0.1) is 0 Å². The fraction of sp³-hybridized carbons (Fsp3) is 0.500. The van der Waals surface area contributed by atoms with Gasteiger partial charge in [0.1, 0.15) is 0 Å². The topological polar surface area (TPSA) is 38.3 Å². The Morgan fingerprint density at radius 3 is 2.41 bits per heavy atom. The fourth-order valence-corrected chi connectivity index (χ4v) is 1.39. The number of hydrogen-bond donors (Lipinski definition) is 1. The maximum absolute atomic E-state index is 12.0. The third kappa shape index (κ3) is 3.86. The second kappa shape index (κ2) is 5.82. The molecule has 0 aliphatic heterocycles. The van der Waals surface area contributed by atoms with Gasteiger partial charge < -0.3 is 0 Å². The van der Waals surface area contributed by atoms with Gasteiger partial charge >= 0.3 is 0 Å². The van der Waals surface area contributed by atoms with Crippen molar-refractivity contribution in [3.05, 3.63) is 35.9 Å². The number of nitrogens with one attached hydrogen (secondary N) is 1. The minimum absolute atomic E-state index is 0.121. The summed E-state index contributed by atoms with van der Waals surface area (Å²) in [6.07, 6.45) is 0. The molecule has 0 saturated heterocycles. The summed E-state index contributed by atoms with van der Waals surface area (Å²) in [7, 11) is 0. The van der Waals surface area contributed by atoms with Crippen LogP contribution in [0, 0.1) is 5.92 Å². The van der Waals surface area contributed by atoms with E-state index in [1.807, 2.05) is 58.0 Å². The lowest BCUT2D eigenvalue weighted by Gasteiger charge is -2.23. The maximum atomic E-state index is 12.0. The smallest absolute Gasteiger partial charge is 0.253 e. The average Bonchev–Trinajstić information content (AvgIpc) is 2.29. The van der Waals surface area contributed by atoms with Crippen molar-refractivity contribution < 1.29 is 9.63 Å². The molecule has 3 heteroatoms. The summed E-state index contributed by atoms with van der Waals surface area (Å²) in [4.78, 5) is 17.2. The van der Waals surface area contributed by atoms with Crippen LogP contribution in [0.15, 0.2) is 30.3 Å². The van der Waals surface area contributed by atoms with Crippen molar-refractivity contribution >= 4 is 5.91 Å². The summed E-state index contributed by atoms with van der Waals surface area (Å²) in [5.41, 5.74) is 2.91. The lowest BCUT2D eigenvalue weighted by atomic mass is 9.84. The summed E-state index contributed by atoms with van der Waals surface area (Å²) in [6, 6.07) is 9.69. The molecule has 0 fully saturated rings. The zero-order chi connectivity index (χ0) is 12.9. The van der Waals surface area contributed by atoms with Gasteiger partial charge in [0.2, 0.25) is 0 Å². The van der Waals surface area contributed by atoms with Crippen molar-refractivity contribution in [3.63, 3.8) is 0 Å². The molecule has 1 amide bonds. The number of benzene rings is 1. The lowest BCUT2D eigenvalue weighted by Crippen LogP contribution is -2.40. The Morgan fingerprint density at radius 2 is 1.88 bits per heavy atom. The molecular weight excluding hydrogens is 214 g/mol. The van der Waals surface area contributed by atoms with Crippen LogP contribution in [0.1, 0.15) is 33.3 Å². The maximum Gasteiger partial charge on any atom is 0.253 e. The second-order valence-electron chi connectivity index (χ2n) is 5.13. The number of amides is 1. The van der Waals surface area contributed by atoms with Crippen LogP contribution < -0.4 is 5.48 Å². The molecule has 94 valence electrons. The molecule has 17 heavy (non-hydrogen) atoms. The standard InChI is InChI=1S/C14H21NO2/c1-11(2)10-17-15-13(16)14(3,4)12-8-6-5-7-9-12/h5-9,11H,10H2,1-4H3,(H,15,16). The van der Waals surface area contributed by atoms with E-state index in [1.54, 1.807) is 0 Å². The molecular formula is C14H21NO2. The molecule has 0 radical (unpaired) electrons. The third-order valence-corrected chi connectivity index (χ3v) is 2.64. The Kier molecular flexibility index (Phi) is 4.70. The second-order valence-corrected chi connectivity index (χ2v) is 5.13. The van der Waals surface area contributed by atoms with Crippen molar-refractivity contribution in [1.82, 2.24) is 5.48 Å². The highest BCUT2D eigenvalue weighted by Crippen LogP contribution is 2.22. The number of carbonyl (C=O) groups excluding carboxylic acids is 1. The van der Waals surface area contributed by atoms with Crippen molar-refractivity contribution in [2.75, 3.05) is 6.61 Å². The highest BCUT2D eigenvalue weighted by Gasteiger charge is 2.29. The molecule has 0 spiro atoms. The summed E-state index contributed by atoms with van der Waals surface area (Å²) >= 11 is 0. The largest absolute Gasteiger partial charge is 0.273 e. The van der Waals surface area contributed by atoms with Crippen molar-refractivity contribution in [2.24, 2.45) is 5.92 Å². The van der Waals surface area contributed by atoms with Crippen LogP contribution in [0.2, 0.25) is 0 Å². The highest BCUT2D eigenvalue weighted by molar-refractivity contribution is 5.86. The normalized spacial score (nSPS) is 11.6. The average molecular weight is 235 g/mol. The Labute approximate surface area is 103 Å². The monoisotopic (exact) mass is 235 g/mol. The molecule has 0 aliphatic rings. The summed E-state index contributed by atoms with van der Waals surface area (Å²) in [6.45, 7) is 8.37. The van der Waals surface area contributed by atoms with Crippen molar-refractivity contribution in [3.8, 4) is 0 Å². The first-order valence-electron chi connectivity index (χ1n) is 5.92. The Hall–Kier alpha value is -1.35.